The molecule has 4 bridgehead atoms. The van der Waals surface area contributed by atoms with E-state index in [9.17, 15) is 9.18 Å². The Morgan fingerprint density at radius 2 is 1.62 bits per heavy atom. The topological polar surface area (TPSA) is 38.7 Å². The molecule has 5 aliphatic rings. The van der Waals surface area contributed by atoms with E-state index in [2.05, 4.69) is 4.99 Å². The average Bonchev–Trinajstić information content (AvgIpc) is 2.90. The number of ether oxygens (including phenoxy) is 1. The first-order valence-electron chi connectivity index (χ1n) is 8.88. The Kier molecular flexibility index (Phi) is 3.00. The molecule has 0 N–H and O–H groups in total. The Hall–Kier alpha value is -1.97. The SMILES string of the molecule is O=C1OC(C23CC4CC(CC(C4)C2)C3)=N/C1=C/c1ccc(F)cc1. The Bertz CT molecular complexity index is 727. The molecule has 4 aliphatic carbocycles. The summed E-state index contributed by atoms with van der Waals surface area (Å²) in [7, 11) is 0. The van der Waals surface area contributed by atoms with Crippen LogP contribution in [0.15, 0.2) is 35.0 Å². The van der Waals surface area contributed by atoms with Gasteiger partial charge in [0.2, 0.25) is 5.90 Å². The number of esters is 1. The van der Waals surface area contributed by atoms with Crippen molar-refractivity contribution < 1.29 is 13.9 Å². The van der Waals surface area contributed by atoms with Crippen LogP contribution in [0.1, 0.15) is 44.1 Å². The monoisotopic (exact) mass is 325 g/mol. The van der Waals surface area contributed by atoms with Gasteiger partial charge in [-0.25, -0.2) is 14.2 Å². The van der Waals surface area contributed by atoms with Gasteiger partial charge in [0.05, 0.1) is 0 Å². The van der Waals surface area contributed by atoms with Gasteiger partial charge in [-0.3, -0.25) is 0 Å². The molecule has 0 amide bonds. The van der Waals surface area contributed by atoms with Gasteiger partial charge in [-0.1, -0.05) is 12.1 Å². The number of benzene rings is 1. The summed E-state index contributed by atoms with van der Waals surface area (Å²) in [5.74, 6) is 2.34. The molecular formula is C20H20FNO2. The van der Waals surface area contributed by atoms with Crippen LogP contribution in [0.2, 0.25) is 0 Å². The van der Waals surface area contributed by atoms with Gasteiger partial charge in [0, 0.05) is 5.41 Å². The molecule has 1 aromatic rings. The van der Waals surface area contributed by atoms with Gasteiger partial charge in [0.15, 0.2) is 5.70 Å². The molecule has 1 heterocycles. The minimum atomic E-state index is -0.370. The standard InChI is InChI=1S/C20H20FNO2/c21-16-3-1-12(2-4-16)8-17-18(23)24-19(22-17)20-9-13-5-14(10-20)7-15(6-13)11-20/h1-4,8,13-15H,5-7,9-11H2/b17-8+. The minimum Gasteiger partial charge on any atom is -0.406 e. The van der Waals surface area contributed by atoms with E-state index < -0.39 is 0 Å². The molecule has 6 rings (SSSR count). The van der Waals surface area contributed by atoms with Crippen LogP contribution >= 0.6 is 0 Å². The summed E-state index contributed by atoms with van der Waals surface area (Å²) in [6.07, 6.45) is 9.09. The van der Waals surface area contributed by atoms with Crippen LogP contribution in [0.5, 0.6) is 0 Å². The second-order valence-corrected chi connectivity index (χ2v) is 8.09. The third-order valence-electron chi connectivity index (χ3n) is 6.29. The molecule has 0 atom stereocenters. The van der Waals surface area contributed by atoms with E-state index in [0.717, 1.165) is 42.6 Å². The van der Waals surface area contributed by atoms with Crippen molar-refractivity contribution in [3.63, 3.8) is 0 Å². The molecule has 1 aliphatic heterocycles. The molecule has 4 saturated carbocycles. The lowest BCUT2D eigenvalue weighted by Gasteiger charge is -2.55. The first kappa shape index (κ1) is 14.4. The fourth-order valence-corrected chi connectivity index (χ4v) is 5.73. The summed E-state index contributed by atoms with van der Waals surface area (Å²) in [4.78, 5) is 16.9. The number of hydrogen-bond donors (Lipinski definition) is 0. The normalized spacial score (nSPS) is 38.5. The predicted octanol–water partition coefficient (Wildman–Crippen LogP) is 4.34. The number of hydrogen-bond acceptors (Lipinski definition) is 3. The largest absolute Gasteiger partial charge is 0.406 e. The fourth-order valence-electron chi connectivity index (χ4n) is 5.73. The summed E-state index contributed by atoms with van der Waals surface area (Å²) in [6, 6.07) is 6.06. The summed E-state index contributed by atoms with van der Waals surface area (Å²) < 4.78 is 18.6. The van der Waals surface area contributed by atoms with Crippen LogP contribution in [0.3, 0.4) is 0 Å². The molecule has 4 fully saturated rings. The van der Waals surface area contributed by atoms with Gasteiger partial charge in [-0.15, -0.1) is 0 Å². The number of nitrogens with zero attached hydrogens (tertiary/aromatic N) is 1. The van der Waals surface area contributed by atoms with Crippen LogP contribution in [0.4, 0.5) is 4.39 Å². The lowest BCUT2D eigenvalue weighted by Crippen LogP contribution is -2.50. The van der Waals surface area contributed by atoms with Crippen LogP contribution in [0.25, 0.3) is 6.08 Å². The van der Waals surface area contributed by atoms with Gasteiger partial charge >= 0.3 is 5.97 Å². The maximum atomic E-state index is 13.0. The van der Waals surface area contributed by atoms with Crippen LogP contribution in [-0.4, -0.2) is 11.9 Å². The van der Waals surface area contributed by atoms with E-state index in [1.807, 2.05) is 0 Å². The second-order valence-electron chi connectivity index (χ2n) is 8.09. The number of aliphatic imine (C=N–C) groups is 1. The zero-order valence-corrected chi connectivity index (χ0v) is 13.5. The molecule has 0 unspecified atom stereocenters. The van der Waals surface area contributed by atoms with Gasteiger partial charge in [0.25, 0.3) is 0 Å². The highest BCUT2D eigenvalue weighted by Crippen LogP contribution is 2.61. The van der Waals surface area contributed by atoms with Crippen molar-refractivity contribution in [3.8, 4) is 0 Å². The maximum Gasteiger partial charge on any atom is 0.363 e. The van der Waals surface area contributed by atoms with Gasteiger partial charge in [-0.05, 0) is 80.1 Å². The summed E-state index contributed by atoms with van der Waals surface area (Å²) in [6.45, 7) is 0. The summed E-state index contributed by atoms with van der Waals surface area (Å²) in [5, 5.41) is 0. The molecular weight excluding hydrogens is 305 g/mol. The van der Waals surface area contributed by atoms with E-state index >= 15 is 0 Å². The van der Waals surface area contributed by atoms with E-state index in [4.69, 9.17) is 4.74 Å². The van der Waals surface area contributed by atoms with Gasteiger partial charge < -0.3 is 4.74 Å². The highest BCUT2D eigenvalue weighted by Gasteiger charge is 2.55. The zero-order valence-electron chi connectivity index (χ0n) is 13.5. The molecule has 3 nitrogen and oxygen atoms in total. The van der Waals surface area contributed by atoms with Gasteiger partial charge in [-0.2, -0.15) is 0 Å². The lowest BCUT2D eigenvalue weighted by atomic mass is 9.49. The summed E-state index contributed by atoms with van der Waals surface area (Å²) >= 11 is 0. The van der Waals surface area contributed by atoms with Crippen LogP contribution in [-0.2, 0) is 9.53 Å². The molecule has 0 spiro atoms. The third-order valence-corrected chi connectivity index (χ3v) is 6.29. The lowest BCUT2D eigenvalue weighted by molar-refractivity contribution is -0.131. The predicted molar refractivity (Wildman–Crippen MR) is 88.5 cm³/mol. The number of rotatable bonds is 2. The first-order chi connectivity index (χ1) is 11.6. The second kappa shape index (κ2) is 5.01. The summed E-state index contributed by atoms with van der Waals surface area (Å²) in [5.41, 5.74) is 1.09. The van der Waals surface area contributed by atoms with E-state index in [1.165, 1.54) is 31.4 Å². The zero-order chi connectivity index (χ0) is 16.3. The quantitative estimate of drug-likeness (QED) is 0.599. The van der Waals surface area contributed by atoms with E-state index in [1.54, 1.807) is 18.2 Å². The van der Waals surface area contributed by atoms with E-state index in [0.29, 0.717) is 11.6 Å². The maximum absolute atomic E-state index is 13.0. The van der Waals surface area contributed by atoms with Crippen molar-refractivity contribution in [2.24, 2.45) is 28.2 Å². The first-order valence-corrected chi connectivity index (χ1v) is 8.88. The molecule has 124 valence electrons. The Balaban J connectivity index is 1.47. The average molecular weight is 325 g/mol. The van der Waals surface area contributed by atoms with Crippen molar-refractivity contribution >= 4 is 17.9 Å². The Labute approximate surface area is 140 Å². The number of carbonyl (C=O) groups is 1. The molecule has 24 heavy (non-hydrogen) atoms. The molecule has 4 heteroatoms. The number of carbonyl (C=O) groups excluding carboxylic acids is 1. The Morgan fingerprint density at radius 1 is 1.04 bits per heavy atom. The number of halogens is 1. The van der Waals surface area contributed by atoms with E-state index in [-0.39, 0.29) is 17.2 Å². The van der Waals surface area contributed by atoms with Crippen molar-refractivity contribution in [3.05, 3.63) is 41.3 Å². The molecule has 0 radical (unpaired) electrons. The molecule has 0 aromatic heterocycles. The minimum absolute atomic E-state index is 0.0111. The van der Waals surface area contributed by atoms with Crippen molar-refractivity contribution in [1.29, 1.82) is 0 Å². The fraction of sp³-hybridized carbons (Fsp3) is 0.500. The highest BCUT2D eigenvalue weighted by molar-refractivity contribution is 6.09. The third kappa shape index (κ3) is 2.23. The highest BCUT2D eigenvalue weighted by atomic mass is 19.1. The van der Waals surface area contributed by atoms with Crippen molar-refractivity contribution in [2.45, 2.75) is 38.5 Å². The van der Waals surface area contributed by atoms with Crippen molar-refractivity contribution in [1.82, 2.24) is 0 Å². The number of cyclic esters (lactones) is 1. The van der Waals surface area contributed by atoms with Crippen LogP contribution < -0.4 is 0 Å². The molecule has 0 saturated heterocycles. The smallest absolute Gasteiger partial charge is 0.363 e. The van der Waals surface area contributed by atoms with Gasteiger partial charge in [0.1, 0.15) is 5.82 Å². The molecule has 1 aromatic carbocycles. The van der Waals surface area contributed by atoms with Crippen LogP contribution in [0, 0.1) is 29.0 Å². The Morgan fingerprint density at radius 3 is 2.21 bits per heavy atom. The van der Waals surface area contributed by atoms with Crippen molar-refractivity contribution in [2.75, 3.05) is 0 Å².